The number of carbonyl (C=O) groups excluding carboxylic acids is 1. The van der Waals surface area contributed by atoms with E-state index in [9.17, 15) is 4.79 Å². The maximum atomic E-state index is 12.1. The highest BCUT2D eigenvalue weighted by molar-refractivity contribution is 5.76. The van der Waals surface area contributed by atoms with Crippen LogP contribution in [0.1, 0.15) is 31.4 Å². The van der Waals surface area contributed by atoms with Crippen molar-refractivity contribution in [2.45, 2.75) is 27.2 Å². The number of carbonyl (C=O) groups is 1. The lowest BCUT2D eigenvalue weighted by Crippen LogP contribution is -2.46. The quantitative estimate of drug-likeness (QED) is 0.875. The highest BCUT2D eigenvalue weighted by Crippen LogP contribution is 2.20. The average molecular weight is 272 g/mol. The van der Waals surface area contributed by atoms with Crippen molar-refractivity contribution in [1.82, 2.24) is 10.2 Å². The van der Waals surface area contributed by atoms with Gasteiger partial charge < -0.3 is 10.2 Å². The van der Waals surface area contributed by atoms with E-state index < -0.39 is 0 Å². The molecule has 1 aliphatic heterocycles. The molecule has 1 N–H and O–H groups in total. The molecule has 3 nitrogen and oxygen atoms in total. The average Bonchev–Trinajstić information content (AvgIpc) is 2.40. The van der Waals surface area contributed by atoms with Gasteiger partial charge in [-0.3, -0.25) is 0 Å². The number of aryl methyl sites for hydroxylation is 1. The van der Waals surface area contributed by atoms with E-state index in [-0.39, 0.29) is 6.03 Å². The predicted octanol–water partition coefficient (Wildman–Crippen LogP) is 3.65. The molecule has 2 rings (SSSR count). The minimum absolute atomic E-state index is 0.00626. The number of nitrogens with one attached hydrogen (secondary N) is 1. The molecule has 0 aliphatic carbocycles. The first-order chi connectivity index (χ1) is 9.54. The normalized spacial score (nSPS) is 23.1. The standard InChI is InChI=1S/C17H24N2O/c1-13-4-6-16(7-5-13)8-9-18-17(20)19-11-14(2)10-15(3)12-19/h4-9,14-15H,10-12H2,1-3H3,(H,18,20)/b9-8+. The lowest BCUT2D eigenvalue weighted by molar-refractivity contribution is 0.149. The van der Waals surface area contributed by atoms with Gasteiger partial charge in [-0.25, -0.2) is 4.79 Å². The van der Waals surface area contributed by atoms with E-state index in [0.29, 0.717) is 11.8 Å². The van der Waals surface area contributed by atoms with Gasteiger partial charge in [-0.1, -0.05) is 43.7 Å². The lowest BCUT2D eigenvalue weighted by Gasteiger charge is -2.34. The van der Waals surface area contributed by atoms with E-state index in [4.69, 9.17) is 0 Å². The van der Waals surface area contributed by atoms with Gasteiger partial charge in [0.2, 0.25) is 0 Å². The SMILES string of the molecule is Cc1ccc(/C=C/NC(=O)N2CC(C)CC(C)C2)cc1. The third kappa shape index (κ3) is 4.12. The molecule has 1 aromatic carbocycles. The second-order valence-electron chi connectivity index (χ2n) is 6.04. The van der Waals surface area contributed by atoms with E-state index in [1.807, 2.05) is 23.1 Å². The van der Waals surface area contributed by atoms with Crippen LogP contribution in [0.25, 0.3) is 6.08 Å². The second kappa shape index (κ2) is 6.60. The minimum atomic E-state index is 0.00626. The molecule has 0 aromatic heterocycles. The highest BCUT2D eigenvalue weighted by atomic mass is 16.2. The molecule has 3 heteroatoms. The van der Waals surface area contributed by atoms with Crippen molar-refractivity contribution in [1.29, 1.82) is 0 Å². The summed E-state index contributed by atoms with van der Waals surface area (Å²) in [6.07, 6.45) is 4.87. The zero-order valence-electron chi connectivity index (χ0n) is 12.6. The second-order valence-corrected chi connectivity index (χ2v) is 6.04. The number of amides is 2. The van der Waals surface area contributed by atoms with Gasteiger partial charge in [0.15, 0.2) is 0 Å². The van der Waals surface area contributed by atoms with Crippen LogP contribution in [0.15, 0.2) is 30.5 Å². The number of piperidine rings is 1. The van der Waals surface area contributed by atoms with Gasteiger partial charge in [-0.15, -0.1) is 0 Å². The fraction of sp³-hybridized carbons (Fsp3) is 0.471. The number of rotatable bonds is 2. The summed E-state index contributed by atoms with van der Waals surface area (Å²) < 4.78 is 0. The summed E-state index contributed by atoms with van der Waals surface area (Å²) in [5.74, 6) is 1.18. The van der Waals surface area contributed by atoms with Gasteiger partial charge in [-0.05, 0) is 36.8 Å². The number of hydrogen-bond acceptors (Lipinski definition) is 1. The van der Waals surface area contributed by atoms with E-state index in [1.165, 1.54) is 12.0 Å². The monoisotopic (exact) mass is 272 g/mol. The van der Waals surface area contributed by atoms with Crippen molar-refractivity contribution in [3.63, 3.8) is 0 Å². The maximum absolute atomic E-state index is 12.1. The van der Waals surface area contributed by atoms with Crippen LogP contribution >= 0.6 is 0 Å². The van der Waals surface area contributed by atoms with Gasteiger partial charge in [0.05, 0.1) is 0 Å². The number of nitrogens with zero attached hydrogens (tertiary/aromatic N) is 1. The molecule has 1 aliphatic rings. The molecular weight excluding hydrogens is 248 g/mol. The Morgan fingerprint density at radius 1 is 1.20 bits per heavy atom. The van der Waals surface area contributed by atoms with Crippen LogP contribution in [-0.4, -0.2) is 24.0 Å². The van der Waals surface area contributed by atoms with E-state index in [2.05, 4.69) is 38.2 Å². The Labute approximate surface area is 121 Å². The molecule has 0 spiro atoms. The van der Waals surface area contributed by atoms with Crippen LogP contribution in [0, 0.1) is 18.8 Å². The van der Waals surface area contributed by atoms with Crippen molar-refractivity contribution >= 4 is 12.1 Å². The van der Waals surface area contributed by atoms with Crippen molar-refractivity contribution < 1.29 is 4.79 Å². The van der Waals surface area contributed by atoms with Gasteiger partial charge >= 0.3 is 6.03 Å². The third-order valence-corrected chi connectivity index (χ3v) is 3.72. The van der Waals surface area contributed by atoms with Gasteiger partial charge in [0, 0.05) is 19.3 Å². The number of urea groups is 1. The first kappa shape index (κ1) is 14.6. The Bertz CT molecular complexity index is 468. The summed E-state index contributed by atoms with van der Waals surface area (Å²) in [4.78, 5) is 14.0. The Kier molecular flexibility index (Phi) is 4.83. The van der Waals surface area contributed by atoms with Crippen LogP contribution in [0.3, 0.4) is 0 Å². The van der Waals surface area contributed by atoms with Crippen LogP contribution in [-0.2, 0) is 0 Å². The number of likely N-dealkylation sites (tertiary alicyclic amines) is 1. The molecule has 20 heavy (non-hydrogen) atoms. The summed E-state index contributed by atoms with van der Waals surface area (Å²) in [5, 5.41) is 2.86. The Hall–Kier alpha value is -1.77. The zero-order chi connectivity index (χ0) is 14.5. The maximum Gasteiger partial charge on any atom is 0.321 e. The molecule has 2 unspecified atom stereocenters. The molecule has 0 saturated carbocycles. The predicted molar refractivity (Wildman–Crippen MR) is 83.3 cm³/mol. The fourth-order valence-electron chi connectivity index (χ4n) is 2.81. The summed E-state index contributed by atoms with van der Waals surface area (Å²) in [7, 11) is 0. The number of benzene rings is 1. The Morgan fingerprint density at radius 2 is 1.80 bits per heavy atom. The first-order valence-electron chi connectivity index (χ1n) is 7.33. The fourth-order valence-corrected chi connectivity index (χ4v) is 2.81. The summed E-state index contributed by atoms with van der Waals surface area (Å²) in [5.41, 5.74) is 2.33. The molecule has 2 atom stereocenters. The Balaban J connectivity index is 1.86. The minimum Gasteiger partial charge on any atom is -0.324 e. The molecule has 0 bridgehead atoms. The van der Waals surface area contributed by atoms with E-state index in [0.717, 1.165) is 18.7 Å². The summed E-state index contributed by atoms with van der Waals surface area (Å²) in [6.45, 7) is 8.19. The molecular formula is C17H24N2O. The van der Waals surface area contributed by atoms with Gasteiger partial charge in [-0.2, -0.15) is 0 Å². The Morgan fingerprint density at radius 3 is 2.40 bits per heavy atom. The van der Waals surface area contributed by atoms with E-state index in [1.54, 1.807) is 6.20 Å². The topological polar surface area (TPSA) is 32.3 Å². The molecule has 2 amide bonds. The van der Waals surface area contributed by atoms with Crippen molar-refractivity contribution in [3.8, 4) is 0 Å². The molecule has 1 heterocycles. The zero-order valence-corrected chi connectivity index (χ0v) is 12.6. The van der Waals surface area contributed by atoms with Crippen molar-refractivity contribution in [3.05, 3.63) is 41.6 Å². The largest absolute Gasteiger partial charge is 0.324 e. The third-order valence-electron chi connectivity index (χ3n) is 3.72. The summed E-state index contributed by atoms with van der Waals surface area (Å²) >= 11 is 0. The van der Waals surface area contributed by atoms with Crippen molar-refractivity contribution in [2.24, 2.45) is 11.8 Å². The number of hydrogen-bond donors (Lipinski definition) is 1. The van der Waals surface area contributed by atoms with Gasteiger partial charge in [0.25, 0.3) is 0 Å². The van der Waals surface area contributed by atoms with Crippen molar-refractivity contribution in [2.75, 3.05) is 13.1 Å². The van der Waals surface area contributed by atoms with Crippen LogP contribution in [0.5, 0.6) is 0 Å². The first-order valence-corrected chi connectivity index (χ1v) is 7.33. The molecule has 1 saturated heterocycles. The smallest absolute Gasteiger partial charge is 0.321 e. The molecule has 1 fully saturated rings. The van der Waals surface area contributed by atoms with Crippen LogP contribution in [0.4, 0.5) is 4.79 Å². The lowest BCUT2D eigenvalue weighted by atomic mass is 9.92. The van der Waals surface area contributed by atoms with E-state index >= 15 is 0 Å². The van der Waals surface area contributed by atoms with Crippen LogP contribution < -0.4 is 5.32 Å². The summed E-state index contributed by atoms with van der Waals surface area (Å²) in [6, 6.07) is 8.23. The molecule has 0 radical (unpaired) electrons. The molecule has 1 aromatic rings. The van der Waals surface area contributed by atoms with Crippen LogP contribution in [0.2, 0.25) is 0 Å². The highest BCUT2D eigenvalue weighted by Gasteiger charge is 2.24. The molecule has 108 valence electrons. The van der Waals surface area contributed by atoms with Gasteiger partial charge in [0.1, 0.15) is 0 Å².